The van der Waals surface area contributed by atoms with Gasteiger partial charge in [-0.25, -0.2) is 9.97 Å². The second kappa shape index (κ2) is 6.46. The number of aliphatic hydroxyl groups is 1. The summed E-state index contributed by atoms with van der Waals surface area (Å²) < 4.78 is 0. The maximum Gasteiger partial charge on any atom is 0.259 e. The summed E-state index contributed by atoms with van der Waals surface area (Å²) in [5.41, 5.74) is 2.99. The quantitative estimate of drug-likeness (QED) is 0.526. The summed E-state index contributed by atoms with van der Waals surface area (Å²) in [6.45, 7) is 0. The summed E-state index contributed by atoms with van der Waals surface area (Å²) >= 11 is 1.31. The molecule has 25 heavy (non-hydrogen) atoms. The topological polar surface area (TPSA) is 90.9 Å². The molecule has 0 spiro atoms. The predicted molar refractivity (Wildman–Crippen MR) is 97.2 cm³/mol. The number of fused-ring (bicyclic) bond motifs is 1. The summed E-state index contributed by atoms with van der Waals surface area (Å²) in [5.74, 6) is -0.507. The first kappa shape index (κ1) is 15.5. The Bertz CT molecular complexity index is 1030. The van der Waals surface area contributed by atoms with E-state index in [1.54, 1.807) is 30.5 Å². The van der Waals surface area contributed by atoms with E-state index in [1.165, 1.54) is 11.3 Å². The number of hydrogen-bond acceptors (Lipinski definition) is 5. The van der Waals surface area contributed by atoms with Gasteiger partial charge in [0.25, 0.3) is 5.91 Å². The number of rotatable bonds is 4. The molecular formula is C18H14N4O2S. The van der Waals surface area contributed by atoms with Gasteiger partial charge in [0.1, 0.15) is 5.65 Å². The van der Waals surface area contributed by atoms with Gasteiger partial charge in [-0.3, -0.25) is 10.1 Å². The smallest absolute Gasteiger partial charge is 0.259 e. The van der Waals surface area contributed by atoms with Crippen LogP contribution in [0.1, 0.15) is 11.7 Å². The maximum absolute atomic E-state index is 12.2. The number of nitrogens with one attached hydrogen (secondary N) is 2. The third-order valence-electron chi connectivity index (χ3n) is 3.83. The molecular weight excluding hydrogens is 336 g/mol. The van der Waals surface area contributed by atoms with Crippen LogP contribution in [0.3, 0.4) is 0 Å². The molecule has 0 unspecified atom stereocenters. The van der Waals surface area contributed by atoms with Gasteiger partial charge in [0.2, 0.25) is 0 Å². The third kappa shape index (κ3) is 3.02. The van der Waals surface area contributed by atoms with Crippen molar-refractivity contribution >= 4 is 33.4 Å². The van der Waals surface area contributed by atoms with Crippen LogP contribution in [-0.2, 0) is 4.79 Å². The second-order valence-corrected chi connectivity index (χ2v) is 6.30. The van der Waals surface area contributed by atoms with Gasteiger partial charge in [0.15, 0.2) is 11.2 Å². The molecule has 124 valence electrons. The number of H-pyrrole nitrogens is 1. The lowest BCUT2D eigenvalue weighted by Gasteiger charge is -2.09. The van der Waals surface area contributed by atoms with E-state index >= 15 is 0 Å². The number of pyridine rings is 1. The van der Waals surface area contributed by atoms with Crippen LogP contribution in [0.4, 0.5) is 5.13 Å². The fourth-order valence-electron chi connectivity index (χ4n) is 2.58. The molecule has 0 saturated heterocycles. The Morgan fingerprint density at radius 2 is 2.04 bits per heavy atom. The van der Waals surface area contributed by atoms with Crippen LogP contribution in [-0.4, -0.2) is 26.0 Å². The first-order chi connectivity index (χ1) is 12.2. The molecule has 0 aliphatic rings. The molecule has 0 saturated carbocycles. The highest BCUT2D eigenvalue weighted by atomic mass is 32.1. The van der Waals surface area contributed by atoms with Crippen LogP contribution in [0.15, 0.2) is 60.2 Å². The summed E-state index contributed by atoms with van der Waals surface area (Å²) in [5, 5.41) is 16.1. The van der Waals surface area contributed by atoms with E-state index in [4.69, 9.17) is 0 Å². The van der Waals surface area contributed by atoms with Crippen molar-refractivity contribution in [1.82, 2.24) is 15.0 Å². The van der Waals surface area contributed by atoms with Crippen molar-refractivity contribution < 1.29 is 9.90 Å². The Hall–Kier alpha value is -3.03. The normalized spacial score (nSPS) is 12.2. The van der Waals surface area contributed by atoms with E-state index in [-0.39, 0.29) is 0 Å². The number of carbonyl (C=O) groups excluding carboxylic acids is 1. The monoisotopic (exact) mass is 350 g/mol. The molecule has 4 rings (SSSR count). The predicted octanol–water partition coefficient (Wildman–Crippen LogP) is 3.36. The summed E-state index contributed by atoms with van der Waals surface area (Å²) in [7, 11) is 0. The molecule has 0 fully saturated rings. The number of anilines is 1. The number of benzene rings is 1. The minimum Gasteiger partial charge on any atom is -0.378 e. The van der Waals surface area contributed by atoms with Gasteiger partial charge >= 0.3 is 0 Å². The number of carbonyl (C=O) groups is 1. The fraction of sp³-hybridized carbons (Fsp3) is 0.0556. The zero-order chi connectivity index (χ0) is 17.2. The summed E-state index contributed by atoms with van der Waals surface area (Å²) in [4.78, 5) is 24.0. The molecule has 7 heteroatoms. The average Bonchev–Trinajstić information content (AvgIpc) is 3.28. The molecule has 0 aliphatic heterocycles. The number of aromatic amines is 1. The second-order valence-electron chi connectivity index (χ2n) is 5.44. The number of aliphatic hydroxyl groups excluding tert-OH is 1. The largest absolute Gasteiger partial charge is 0.378 e. The highest BCUT2D eigenvalue weighted by molar-refractivity contribution is 7.14. The maximum atomic E-state index is 12.2. The van der Waals surface area contributed by atoms with E-state index < -0.39 is 12.0 Å². The minimum atomic E-state index is -1.23. The molecule has 6 nitrogen and oxygen atoms in total. The van der Waals surface area contributed by atoms with E-state index in [0.29, 0.717) is 10.7 Å². The van der Waals surface area contributed by atoms with Gasteiger partial charge in [0.05, 0.1) is 5.69 Å². The SMILES string of the molecule is O=C(Nc1nc(-c2c[nH]c3ncccc23)cs1)[C@@H](O)c1ccccc1. The van der Waals surface area contributed by atoms with Crippen LogP contribution < -0.4 is 5.32 Å². The lowest BCUT2D eigenvalue weighted by Crippen LogP contribution is -2.20. The summed E-state index contributed by atoms with van der Waals surface area (Å²) in [6, 6.07) is 12.6. The zero-order valence-corrected chi connectivity index (χ0v) is 13.8. The van der Waals surface area contributed by atoms with Crippen LogP contribution >= 0.6 is 11.3 Å². The number of thiazole rings is 1. The molecule has 0 aliphatic carbocycles. The van der Waals surface area contributed by atoms with Crippen LogP contribution in [0.2, 0.25) is 0 Å². The van der Waals surface area contributed by atoms with Crippen molar-refractivity contribution in [3.63, 3.8) is 0 Å². The van der Waals surface area contributed by atoms with E-state index in [9.17, 15) is 9.90 Å². The average molecular weight is 350 g/mol. The van der Waals surface area contributed by atoms with E-state index in [2.05, 4.69) is 20.3 Å². The molecule has 0 bridgehead atoms. The highest BCUT2D eigenvalue weighted by Crippen LogP contribution is 2.30. The number of amides is 1. The first-order valence-corrected chi connectivity index (χ1v) is 8.52. The van der Waals surface area contributed by atoms with Gasteiger partial charge < -0.3 is 10.1 Å². The molecule has 3 heterocycles. The van der Waals surface area contributed by atoms with Crippen LogP contribution in [0.25, 0.3) is 22.3 Å². The van der Waals surface area contributed by atoms with Gasteiger partial charge in [-0.2, -0.15) is 0 Å². The number of hydrogen-bond donors (Lipinski definition) is 3. The molecule has 1 amide bonds. The molecule has 0 radical (unpaired) electrons. The van der Waals surface area contributed by atoms with Crippen LogP contribution in [0.5, 0.6) is 0 Å². The Kier molecular flexibility index (Phi) is 4.01. The van der Waals surface area contributed by atoms with Crippen molar-refractivity contribution in [2.45, 2.75) is 6.10 Å². The standard InChI is InChI=1S/C18H14N4O2S/c23-15(11-5-2-1-3-6-11)17(24)22-18-21-14(10-25-18)13-9-20-16-12(13)7-4-8-19-16/h1-10,15,23H,(H,19,20)(H,21,22,24)/t15-/m0/s1. The van der Waals surface area contributed by atoms with Gasteiger partial charge in [-0.1, -0.05) is 30.3 Å². The van der Waals surface area contributed by atoms with Gasteiger partial charge in [0, 0.05) is 28.7 Å². The Labute approximate surface area is 147 Å². The minimum absolute atomic E-state index is 0.438. The van der Waals surface area contributed by atoms with Crippen molar-refractivity contribution in [2.75, 3.05) is 5.32 Å². The van der Waals surface area contributed by atoms with Gasteiger partial charge in [-0.15, -0.1) is 11.3 Å². The lowest BCUT2D eigenvalue weighted by atomic mass is 10.1. The molecule has 1 atom stereocenters. The highest BCUT2D eigenvalue weighted by Gasteiger charge is 2.19. The number of nitrogens with zero attached hydrogens (tertiary/aromatic N) is 2. The zero-order valence-electron chi connectivity index (χ0n) is 13.0. The Morgan fingerprint density at radius 3 is 2.88 bits per heavy atom. The van der Waals surface area contributed by atoms with Crippen molar-refractivity contribution in [2.24, 2.45) is 0 Å². The molecule has 4 aromatic rings. The van der Waals surface area contributed by atoms with Crippen LogP contribution in [0, 0.1) is 0 Å². The number of aromatic nitrogens is 3. The van der Waals surface area contributed by atoms with E-state index in [0.717, 1.165) is 22.3 Å². The third-order valence-corrected chi connectivity index (χ3v) is 4.58. The molecule has 1 aromatic carbocycles. The lowest BCUT2D eigenvalue weighted by molar-refractivity contribution is -0.124. The van der Waals surface area contributed by atoms with E-state index in [1.807, 2.05) is 29.8 Å². The van der Waals surface area contributed by atoms with Crippen molar-refractivity contribution in [3.8, 4) is 11.3 Å². The Morgan fingerprint density at radius 1 is 1.20 bits per heavy atom. The molecule has 3 N–H and O–H groups in total. The molecule has 3 aromatic heterocycles. The fourth-order valence-corrected chi connectivity index (χ4v) is 3.30. The van der Waals surface area contributed by atoms with Crippen molar-refractivity contribution in [3.05, 3.63) is 65.8 Å². The van der Waals surface area contributed by atoms with Gasteiger partial charge in [-0.05, 0) is 17.7 Å². The summed E-state index contributed by atoms with van der Waals surface area (Å²) in [6.07, 6.45) is 2.34. The van der Waals surface area contributed by atoms with Crippen molar-refractivity contribution in [1.29, 1.82) is 0 Å². The first-order valence-electron chi connectivity index (χ1n) is 7.64. The Balaban J connectivity index is 1.55.